The van der Waals surface area contributed by atoms with Gasteiger partial charge < -0.3 is 20.4 Å². The normalized spacial score (nSPS) is 22.1. The van der Waals surface area contributed by atoms with Gasteiger partial charge in [0.15, 0.2) is 0 Å². The first-order valence-electron chi connectivity index (χ1n) is 5.19. The Morgan fingerprint density at radius 3 is 1.41 bits per heavy atom. The van der Waals surface area contributed by atoms with Crippen molar-refractivity contribution in [3.8, 4) is 0 Å². The van der Waals surface area contributed by atoms with Gasteiger partial charge in [0.05, 0.1) is 12.2 Å². The molecule has 0 saturated carbocycles. The fourth-order valence-electron chi connectivity index (χ4n) is 0.985. The third-order valence-corrected chi connectivity index (χ3v) is 1.56. The highest BCUT2D eigenvalue weighted by Crippen LogP contribution is 2.10. The zero-order valence-corrected chi connectivity index (χ0v) is 10.0. The molecule has 2 atom stereocenters. The van der Waals surface area contributed by atoms with Crippen LogP contribution in [-0.2, 0) is 9.59 Å². The Kier molecular flexibility index (Phi) is 11.7. The number of aliphatic carboxylic acids is 2. The molecule has 4 N–H and O–H groups in total. The molecule has 6 nitrogen and oxygen atoms in total. The van der Waals surface area contributed by atoms with Gasteiger partial charge in [-0.05, 0) is 19.3 Å². The third-order valence-electron chi connectivity index (χ3n) is 1.56. The highest BCUT2D eigenvalue weighted by atomic mass is 16.4. The van der Waals surface area contributed by atoms with E-state index in [0.717, 1.165) is 33.1 Å². The van der Waals surface area contributed by atoms with E-state index in [1.54, 1.807) is 12.2 Å². The summed E-state index contributed by atoms with van der Waals surface area (Å²) in [6, 6.07) is 0. The molecule has 1 aliphatic rings. The highest BCUT2D eigenvalue weighted by molar-refractivity contribution is 5.63. The van der Waals surface area contributed by atoms with Gasteiger partial charge in [-0.25, -0.2) is 0 Å². The molecule has 1 rings (SSSR count). The second-order valence-corrected chi connectivity index (χ2v) is 3.49. The zero-order valence-electron chi connectivity index (χ0n) is 10.0. The molecule has 100 valence electrons. The highest BCUT2D eigenvalue weighted by Gasteiger charge is 2.07. The Morgan fingerprint density at radius 2 is 1.18 bits per heavy atom. The smallest absolute Gasteiger partial charge is 0.300 e. The monoisotopic (exact) mass is 248 g/mol. The number of aliphatic hydroxyl groups excluding tert-OH is 2. The summed E-state index contributed by atoms with van der Waals surface area (Å²) in [6.07, 6.45) is 5.15. The van der Waals surface area contributed by atoms with E-state index in [4.69, 9.17) is 30.0 Å². The number of aliphatic hydroxyl groups is 2. The van der Waals surface area contributed by atoms with Crippen LogP contribution < -0.4 is 0 Å². The number of carbonyl (C=O) groups is 2. The van der Waals surface area contributed by atoms with Crippen LogP contribution in [0.3, 0.4) is 0 Å². The van der Waals surface area contributed by atoms with Crippen molar-refractivity contribution < 1.29 is 30.0 Å². The average Bonchev–Trinajstić information content (AvgIpc) is 2.29. The summed E-state index contributed by atoms with van der Waals surface area (Å²) in [5, 5.41) is 32.9. The van der Waals surface area contributed by atoms with E-state index in [2.05, 4.69) is 0 Å². The van der Waals surface area contributed by atoms with Crippen molar-refractivity contribution in [1.82, 2.24) is 0 Å². The fraction of sp³-hybridized carbons (Fsp3) is 0.636. The number of rotatable bonds is 0. The molecule has 0 unspecified atom stereocenters. The van der Waals surface area contributed by atoms with Crippen molar-refractivity contribution in [1.29, 1.82) is 0 Å². The van der Waals surface area contributed by atoms with E-state index in [1.165, 1.54) is 0 Å². The summed E-state index contributed by atoms with van der Waals surface area (Å²) in [5.41, 5.74) is 0. The van der Waals surface area contributed by atoms with E-state index >= 15 is 0 Å². The maximum Gasteiger partial charge on any atom is 0.300 e. The lowest BCUT2D eigenvalue weighted by Crippen LogP contribution is -1.98. The van der Waals surface area contributed by atoms with Crippen molar-refractivity contribution in [3.05, 3.63) is 12.2 Å². The molecule has 17 heavy (non-hydrogen) atoms. The molecule has 0 amide bonds. The summed E-state index contributed by atoms with van der Waals surface area (Å²) in [5.74, 6) is -1.67. The Hall–Kier alpha value is -1.40. The van der Waals surface area contributed by atoms with Crippen LogP contribution in [0, 0.1) is 0 Å². The van der Waals surface area contributed by atoms with Gasteiger partial charge in [0.1, 0.15) is 0 Å². The molecule has 6 heteroatoms. The minimum absolute atomic E-state index is 0.331. The molecule has 0 spiro atoms. The number of hydrogen-bond donors (Lipinski definition) is 4. The van der Waals surface area contributed by atoms with Gasteiger partial charge in [-0.1, -0.05) is 12.2 Å². The van der Waals surface area contributed by atoms with Crippen LogP contribution in [0.4, 0.5) is 0 Å². The quantitative estimate of drug-likeness (QED) is 0.467. The first kappa shape index (κ1) is 18.0. The molecule has 0 saturated heterocycles. The number of carboxylic acids is 2. The first-order chi connectivity index (χ1) is 7.75. The van der Waals surface area contributed by atoms with Gasteiger partial charge >= 0.3 is 0 Å². The van der Waals surface area contributed by atoms with Crippen molar-refractivity contribution in [2.75, 3.05) is 0 Å². The van der Waals surface area contributed by atoms with Gasteiger partial charge in [0.2, 0.25) is 0 Å². The van der Waals surface area contributed by atoms with E-state index in [0.29, 0.717) is 0 Å². The van der Waals surface area contributed by atoms with Crippen molar-refractivity contribution in [2.45, 2.75) is 45.3 Å². The zero-order chi connectivity index (χ0) is 13.8. The number of hydrogen-bond acceptors (Lipinski definition) is 4. The van der Waals surface area contributed by atoms with Crippen LogP contribution >= 0.6 is 0 Å². The molecular weight excluding hydrogens is 228 g/mol. The lowest BCUT2D eigenvalue weighted by atomic mass is 10.2. The van der Waals surface area contributed by atoms with Crippen LogP contribution in [0.5, 0.6) is 0 Å². The number of carboxylic acid groups (broad SMARTS) is 2. The van der Waals surface area contributed by atoms with E-state index < -0.39 is 11.9 Å². The Bertz CT molecular complexity index is 216. The standard InChI is InChI=1S/C7H12O2.2C2H4O2/c8-6-2-1-3-7(9)5-4-6;2*1-2(3)4/h4-9H,1-3H2;2*1H3,(H,3,4)/t6-,7+;;. The minimum Gasteiger partial charge on any atom is -0.481 e. The van der Waals surface area contributed by atoms with Crippen LogP contribution in [0.1, 0.15) is 33.1 Å². The minimum atomic E-state index is -0.833. The average molecular weight is 248 g/mol. The van der Waals surface area contributed by atoms with Crippen molar-refractivity contribution in [3.63, 3.8) is 0 Å². The fourth-order valence-corrected chi connectivity index (χ4v) is 0.985. The summed E-state index contributed by atoms with van der Waals surface area (Å²) in [6.45, 7) is 2.17. The molecular formula is C11H20O6. The van der Waals surface area contributed by atoms with E-state index in [9.17, 15) is 0 Å². The van der Waals surface area contributed by atoms with Gasteiger partial charge in [0.25, 0.3) is 11.9 Å². The lowest BCUT2D eigenvalue weighted by Gasteiger charge is -1.99. The van der Waals surface area contributed by atoms with Gasteiger partial charge in [-0.2, -0.15) is 0 Å². The second kappa shape index (κ2) is 11.1. The van der Waals surface area contributed by atoms with Gasteiger partial charge in [-0.3, -0.25) is 9.59 Å². The van der Waals surface area contributed by atoms with Crippen molar-refractivity contribution in [2.24, 2.45) is 0 Å². The Balaban J connectivity index is 0. The third kappa shape index (κ3) is 25.2. The van der Waals surface area contributed by atoms with E-state index in [1.807, 2.05) is 0 Å². The second-order valence-electron chi connectivity index (χ2n) is 3.49. The van der Waals surface area contributed by atoms with Crippen molar-refractivity contribution >= 4 is 11.9 Å². The molecule has 0 aromatic carbocycles. The Labute approximate surface area is 100 Å². The predicted octanol–water partition coefficient (Wildman–Crippen LogP) is 0.630. The molecule has 0 aromatic heterocycles. The summed E-state index contributed by atoms with van der Waals surface area (Å²) in [7, 11) is 0. The molecule has 0 radical (unpaired) electrons. The van der Waals surface area contributed by atoms with E-state index in [-0.39, 0.29) is 12.2 Å². The van der Waals surface area contributed by atoms with Crippen LogP contribution in [0.2, 0.25) is 0 Å². The molecule has 0 aliphatic heterocycles. The van der Waals surface area contributed by atoms with Gasteiger partial charge in [-0.15, -0.1) is 0 Å². The van der Waals surface area contributed by atoms with Crippen LogP contribution in [-0.4, -0.2) is 44.6 Å². The maximum absolute atomic E-state index is 9.01. The molecule has 0 fully saturated rings. The molecule has 0 heterocycles. The molecule has 0 bridgehead atoms. The summed E-state index contributed by atoms with van der Waals surface area (Å²) in [4.78, 5) is 18.0. The largest absolute Gasteiger partial charge is 0.481 e. The predicted molar refractivity (Wildman–Crippen MR) is 61.6 cm³/mol. The van der Waals surface area contributed by atoms with Gasteiger partial charge in [0, 0.05) is 13.8 Å². The molecule has 1 aliphatic carbocycles. The van der Waals surface area contributed by atoms with Crippen LogP contribution in [0.15, 0.2) is 12.2 Å². The SMILES string of the molecule is CC(=O)O.CC(=O)O.O[C@@H]1C=C[C@H](O)CCC1. The maximum atomic E-state index is 9.01. The lowest BCUT2D eigenvalue weighted by molar-refractivity contribution is -0.135. The first-order valence-corrected chi connectivity index (χ1v) is 5.19. The Morgan fingerprint density at radius 1 is 0.941 bits per heavy atom. The molecule has 0 aromatic rings. The van der Waals surface area contributed by atoms with Crippen LogP contribution in [0.25, 0.3) is 0 Å². The summed E-state index contributed by atoms with van der Waals surface area (Å²) < 4.78 is 0. The summed E-state index contributed by atoms with van der Waals surface area (Å²) >= 11 is 0. The topological polar surface area (TPSA) is 115 Å².